The summed E-state index contributed by atoms with van der Waals surface area (Å²) in [5.41, 5.74) is 2.15. The van der Waals surface area contributed by atoms with Crippen molar-refractivity contribution < 1.29 is 9.18 Å². The second-order valence-corrected chi connectivity index (χ2v) is 6.17. The minimum atomic E-state index is -0.429. The molecule has 0 saturated carbocycles. The number of aromatic nitrogens is 3. The Balaban J connectivity index is 1.75. The highest BCUT2D eigenvalue weighted by Gasteiger charge is 2.17. The Kier molecular flexibility index (Phi) is 5.01. The van der Waals surface area contributed by atoms with E-state index in [1.165, 1.54) is 18.2 Å². The first kappa shape index (κ1) is 17.4. The lowest BCUT2D eigenvalue weighted by atomic mass is 10.2. The van der Waals surface area contributed by atoms with E-state index in [0.717, 1.165) is 5.69 Å². The average molecular weight is 379 g/mol. The first-order valence-corrected chi connectivity index (χ1v) is 8.11. The zero-order valence-electron chi connectivity index (χ0n) is 13.1. The van der Waals surface area contributed by atoms with Gasteiger partial charge in [-0.3, -0.25) is 4.79 Å². The Labute approximate surface area is 153 Å². The van der Waals surface area contributed by atoms with Crippen LogP contribution in [0.5, 0.6) is 0 Å². The summed E-state index contributed by atoms with van der Waals surface area (Å²) in [6.07, 6.45) is 0. The summed E-state index contributed by atoms with van der Waals surface area (Å²) in [6.45, 7) is 1.90. The quantitative estimate of drug-likeness (QED) is 0.747. The molecule has 1 N–H and O–H groups in total. The van der Waals surface area contributed by atoms with Crippen molar-refractivity contribution in [1.29, 1.82) is 0 Å². The van der Waals surface area contributed by atoms with Crippen molar-refractivity contribution in [2.75, 3.05) is 0 Å². The van der Waals surface area contributed by atoms with Crippen LogP contribution in [-0.4, -0.2) is 20.9 Å². The van der Waals surface area contributed by atoms with Gasteiger partial charge in [-0.15, -0.1) is 5.10 Å². The number of hydrogen-bond acceptors (Lipinski definition) is 3. The minimum Gasteiger partial charge on any atom is -0.346 e. The van der Waals surface area contributed by atoms with Crippen LogP contribution in [0.4, 0.5) is 4.39 Å². The van der Waals surface area contributed by atoms with Crippen LogP contribution in [0.2, 0.25) is 10.0 Å². The molecule has 2 aromatic carbocycles. The number of halogens is 3. The van der Waals surface area contributed by atoms with Gasteiger partial charge in [0.1, 0.15) is 5.82 Å². The topological polar surface area (TPSA) is 59.8 Å². The molecule has 25 heavy (non-hydrogen) atoms. The highest BCUT2D eigenvalue weighted by molar-refractivity contribution is 6.31. The van der Waals surface area contributed by atoms with Gasteiger partial charge in [-0.1, -0.05) is 34.5 Å². The first-order valence-electron chi connectivity index (χ1n) is 7.36. The van der Waals surface area contributed by atoms with E-state index >= 15 is 0 Å². The van der Waals surface area contributed by atoms with Crippen LogP contribution in [0.25, 0.3) is 5.69 Å². The maximum Gasteiger partial charge on any atom is 0.274 e. The summed E-state index contributed by atoms with van der Waals surface area (Å²) >= 11 is 11.8. The lowest BCUT2D eigenvalue weighted by molar-refractivity contribution is 0.0945. The summed E-state index contributed by atoms with van der Waals surface area (Å²) in [5, 5.41) is 11.5. The maximum atomic E-state index is 13.1. The summed E-state index contributed by atoms with van der Waals surface area (Å²) < 4.78 is 14.6. The Morgan fingerprint density at radius 2 is 1.92 bits per heavy atom. The Morgan fingerprint density at radius 3 is 2.60 bits per heavy atom. The molecule has 3 rings (SSSR count). The molecule has 0 aliphatic carbocycles. The predicted octanol–water partition coefficient (Wildman–Crippen LogP) is 3.95. The van der Waals surface area contributed by atoms with Crippen LogP contribution in [0.3, 0.4) is 0 Å². The highest BCUT2D eigenvalue weighted by atomic mass is 35.5. The van der Waals surface area contributed by atoms with Crippen molar-refractivity contribution in [2.24, 2.45) is 0 Å². The summed E-state index contributed by atoms with van der Waals surface area (Å²) in [6, 6.07) is 11.0. The standard InChI is InChI=1S/C17H13Cl2FN4O/c1-10-16(22-23-24(10)14-6-3-12(18)4-7-14)17(25)21-9-11-2-5-13(20)8-15(11)19/h2-8H,9H2,1H3,(H,21,25). The predicted molar refractivity (Wildman–Crippen MR) is 93.7 cm³/mol. The number of carbonyl (C=O) groups is 1. The van der Waals surface area contributed by atoms with Crippen molar-refractivity contribution in [2.45, 2.75) is 13.5 Å². The Hall–Kier alpha value is -2.44. The molecule has 0 radical (unpaired) electrons. The molecule has 0 atom stereocenters. The van der Waals surface area contributed by atoms with E-state index in [1.54, 1.807) is 35.9 Å². The number of rotatable bonds is 4. The lowest BCUT2D eigenvalue weighted by Crippen LogP contribution is -2.24. The van der Waals surface area contributed by atoms with Crippen LogP contribution >= 0.6 is 23.2 Å². The van der Waals surface area contributed by atoms with E-state index in [2.05, 4.69) is 15.6 Å². The third kappa shape index (κ3) is 3.81. The van der Waals surface area contributed by atoms with Crippen LogP contribution in [0, 0.1) is 12.7 Å². The maximum absolute atomic E-state index is 13.1. The molecule has 1 heterocycles. The zero-order chi connectivity index (χ0) is 18.0. The summed E-state index contributed by atoms with van der Waals surface area (Å²) in [7, 11) is 0. The average Bonchev–Trinajstić information content (AvgIpc) is 2.96. The van der Waals surface area contributed by atoms with Crippen LogP contribution in [0.15, 0.2) is 42.5 Å². The molecule has 0 aliphatic heterocycles. The number of carbonyl (C=O) groups excluding carboxylic acids is 1. The fourth-order valence-corrected chi connectivity index (χ4v) is 2.65. The van der Waals surface area contributed by atoms with Gasteiger partial charge in [0.2, 0.25) is 0 Å². The largest absolute Gasteiger partial charge is 0.346 e. The molecule has 0 aliphatic rings. The lowest BCUT2D eigenvalue weighted by Gasteiger charge is -2.07. The summed E-state index contributed by atoms with van der Waals surface area (Å²) in [4.78, 5) is 12.4. The molecule has 3 aromatic rings. The van der Waals surface area contributed by atoms with Crippen molar-refractivity contribution in [3.63, 3.8) is 0 Å². The van der Waals surface area contributed by atoms with E-state index in [0.29, 0.717) is 16.3 Å². The SMILES string of the molecule is Cc1c(C(=O)NCc2ccc(F)cc2Cl)nnn1-c1ccc(Cl)cc1. The third-order valence-corrected chi connectivity index (χ3v) is 4.24. The molecular weight excluding hydrogens is 366 g/mol. The molecule has 1 amide bonds. The number of hydrogen-bond donors (Lipinski definition) is 1. The highest BCUT2D eigenvalue weighted by Crippen LogP contribution is 2.18. The van der Waals surface area contributed by atoms with E-state index < -0.39 is 11.7 Å². The van der Waals surface area contributed by atoms with Crippen molar-refractivity contribution in [1.82, 2.24) is 20.3 Å². The van der Waals surface area contributed by atoms with Gasteiger partial charge in [-0.05, 0) is 48.9 Å². The molecule has 5 nitrogen and oxygen atoms in total. The molecule has 0 bridgehead atoms. The summed E-state index contributed by atoms with van der Waals surface area (Å²) in [5.74, 6) is -0.820. The van der Waals surface area contributed by atoms with E-state index in [-0.39, 0.29) is 17.3 Å². The molecule has 0 saturated heterocycles. The van der Waals surface area contributed by atoms with Gasteiger partial charge >= 0.3 is 0 Å². The van der Waals surface area contributed by atoms with Crippen LogP contribution < -0.4 is 5.32 Å². The van der Waals surface area contributed by atoms with Gasteiger partial charge < -0.3 is 5.32 Å². The van der Waals surface area contributed by atoms with Gasteiger partial charge in [0, 0.05) is 16.6 Å². The van der Waals surface area contributed by atoms with Crippen LogP contribution in [-0.2, 0) is 6.54 Å². The van der Waals surface area contributed by atoms with Gasteiger partial charge in [-0.2, -0.15) is 0 Å². The number of amides is 1. The van der Waals surface area contributed by atoms with Crippen LogP contribution in [0.1, 0.15) is 21.7 Å². The van der Waals surface area contributed by atoms with Gasteiger partial charge in [0.15, 0.2) is 5.69 Å². The molecular formula is C17H13Cl2FN4O. The first-order chi connectivity index (χ1) is 12.0. The Morgan fingerprint density at radius 1 is 1.20 bits per heavy atom. The molecule has 8 heteroatoms. The molecule has 0 spiro atoms. The monoisotopic (exact) mass is 378 g/mol. The van der Waals surface area contributed by atoms with Crippen molar-refractivity contribution in [3.8, 4) is 5.69 Å². The van der Waals surface area contributed by atoms with Crippen molar-refractivity contribution in [3.05, 3.63) is 75.3 Å². The fourth-order valence-electron chi connectivity index (χ4n) is 2.29. The van der Waals surface area contributed by atoms with E-state index in [4.69, 9.17) is 23.2 Å². The minimum absolute atomic E-state index is 0.158. The molecule has 1 aromatic heterocycles. The zero-order valence-corrected chi connectivity index (χ0v) is 14.6. The smallest absolute Gasteiger partial charge is 0.274 e. The number of nitrogens with one attached hydrogen (secondary N) is 1. The van der Waals surface area contributed by atoms with E-state index in [1.807, 2.05) is 0 Å². The number of nitrogens with zero attached hydrogens (tertiary/aromatic N) is 3. The van der Waals surface area contributed by atoms with Gasteiger partial charge in [-0.25, -0.2) is 9.07 Å². The van der Waals surface area contributed by atoms with E-state index in [9.17, 15) is 9.18 Å². The molecule has 0 fully saturated rings. The number of benzene rings is 2. The third-order valence-electron chi connectivity index (χ3n) is 3.64. The second kappa shape index (κ2) is 7.21. The van der Waals surface area contributed by atoms with Crippen molar-refractivity contribution >= 4 is 29.1 Å². The van der Waals surface area contributed by atoms with Gasteiger partial charge in [0.25, 0.3) is 5.91 Å². The molecule has 0 unspecified atom stereocenters. The van der Waals surface area contributed by atoms with Gasteiger partial charge in [0.05, 0.1) is 11.4 Å². The normalized spacial score (nSPS) is 10.7. The second-order valence-electron chi connectivity index (χ2n) is 5.33. The fraction of sp³-hybridized carbons (Fsp3) is 0.118. The Bertz CT molecular complexity index is 925. The molecule has 128 valence electrons.